The third-order valence-corrected chi connectivity index (χ3v) is 5.61. The maximum atomic E-state index is 10.0. The molecule has 0 aliphatic heterocycles. The van der Waals surface area contributed by atoms with Crippen molar-refractivity contribution in [2.45, 2.75) is 50.5 Å². The summed E-state index contributed by atoms with van der Waals surface area (Å²) in [7, 11) is 0. The van der Waals surface area contributed by atoms with Gasteiger partial charge >= 0.3 is 0 Å². The molecule has 0 spiro atoms. The summed E-state index contributed by atoms with van der Waals surface area (Å²) in [4.78, 5) is 10.0. The smallest absolute Gasteiger partial charge is 0.261 e. The minimum Gasteiger partial charge on any atom is -0.512 e. The fraction of sp³-hybridized carbons (Fsp3) is 0.727. The van der Waals surface area contributed by atoms with Crippen LogP contribution in [0.4, 0.5) is 0 Å². The maximum absolute atomic E-state index is 10.0. The Labute approximate surface area is 108 Å². The Morgan fingerprint density at radius 3 is 1.47 bits per heavy atom. The molecule has 0 aromatic rings. The van der Waals surface area contributed by atoms with Crippen molar-refractivity contribution in [3.05, 3.63) is 11.8 Å². The second kappa shape index (κ2) is 14.2. The standard InChI is InChI=1S/C5H8O2.3C2H5.Al.Ni/c1-4(6)3-5(2)7;3*1-2;;/h3,6H,1-2H3;3*1H2,2H3;;/b4-3-;;;;;. The summed E-state index contributed by atoms with van der Waals surface area (Å²) >= 11 is -0.171. The van der Waals surface area contributed by atoms with Gasteiger partial charge in [-0.05, 0) is 13.8 Å². The van der Waals surface area contributed by atoms with E-state index in [1.54, 1.807) is 0 Å². The Bertz CT molecular complexity index is 168. The van der Waals surface area contributed by atoms with Gasteiger partial charge in [-0.15, -0.1) is 0 Å². The van der Waals surface area contributed by atoms with Gasteiger partial charge in [-0.25, -0.2) is 0 Å². The molecule has 0 saturated carbocycles. The zero-order chi connectivity index (χ0) is 11.6. The van der Waals surface area contributed by atoms with Gasteiger partial charge in [0.2, 0.25) is 0 Å². The van der Waals surface area contributed by atoms with Crippen LogP contribution < -0.4 is 0 Å². The van der Waals surface area contributed by atoms with E-state index in [-0.39, 0.29) is 42.2 Å². The maximum Gasteiger partial charge on any atom is 0.261 e. The van der Waals surface area contributed by atoms with Crippen LogP contribution in [0.1, 0.15) is 34.6 Å². The summed E-state index contributed by atoms with van der Waals surface area (Å²) in [6.07, 6.45) is 1.17. The normalized spacial score (nSPS) is 9.53. The molecule has 0 aromatic heterocycles. The van der Waals surface area contributed by atoms with Gasteiger partial charge in [0.25, 0.3) is 14.1 Å². The molecule has 15 heavy (non-hydrogen) atoms. The van der Waals surface area contributed by atoms with Crippen molar-refractivity contribution in [3.63, 3.8) is 0 Å². The monoisotopic (exact) mass is 272 g/mol. The first-order chi connectivity index (χ1) is 6.47. The molecule has 0 unspecified atom stereocenters. The molecule has 4 heteroatoms. The van der Waals surface area contributed by atoms with E-state index in [4.69, 9.17) is 5.11 Å². The Kier molecular flexibility index (Phi) is 19.6. The summed E-state index contributed by atoms with van der Waals surface area (Å²) in [5.74, 6) is -0.0625. The van der Waals surface area contributed by atoms with E-state index >= 15 is 0 Å². The predicted octanol–water partition coefficient (Wildman–Crippen LogP) is 3.58. The van der Waals surface area contributed by atoms with E-state index in [0.717, 1.165) is 0 Å². The number of carbonyl (C=O) groups is 1. The molecule has 92 valence electrons. The van der Waals surface area contributed by atoms with E-state index in [2.05, 4.69) is 20.8 Å². The molecular formula is C11H23AlNiO2. The van der Waals surface area contributed by atoms with Crippen molar-refractivity contribution in [2.24, 2.45) is 0 Å². The molecule has 0 rings (SSSR count). The van der Waals surface area contributed by atoms with E-state index < -0.39 is 0 Å². The van der Waals surface area contributed by atoms with E-state index in [1.807, 2.05) is 0 Å². The first-order valence-electron chi connectivity index (χ1n) is 5.35. The first-order valence-corrected chi connectivity index (χ1v) is 7.80. The molecule has 1 N–H and O–H groups in total. The topological polar surface area (TPSA) is 37.3 Å². The molecule has 0 heterocycles. The second-order valence-electron chi connectivity index (χ2n) is 3.49. The van der Waals surface area contributed by atoms with Gasteiger partial charge in [0.15, 0.2) is 5.78 Å². The Balaban J connectivity index is -0.000000180. The minimum atomic E-state index is -0.171. The number of carbonyl (C=O) groups excluding carboxylic acids is 1. The fourth-order valence-electron chi connectivity index (χ4n) is 1.16. The molecule has 0 bridgehead atoms. The third kappa shape index (κ3) is 20.3. The van der Waals surface area contributed by atoms with Crippen molar-refractivity contribution >= 4 is 19.9 Å². The summed E-state index contributed by atoms with van der Waals surface area (Å²) in [5, 5.41) is 12.8. The Morgan fingerprint density at radius 2 is 1.47 bits per heavy atom. The van der Waals surface area contributed by atoms with Crippen molar-refractivity contribution in [1.29, 1.82) is 0 Å². The van der Waals surface area contributed by atoms with Gasteiger partial charge in [-0.1, -0.05) is 36.6 Å². The first kappa shape index (κ1) is 20.6. The molecule has 2 nitrogen and oxygen atoms in total. The van der Waals surface area contributed by atoms with Crippen LogP contribution in [0.25, 0.3) is 0 Å². The quantitative estimate of drug-likeness (QED) is 0.483. The SMILES string of the molecule is CC(=O)/C=C(/C)O.C[CH2][Al]([CH2]C)[CH2]C.[Ni]. The van der Waals surface area contributed by atoms with Crippen LogP contribution in [0.3, 0.4) is 0 Å². The summed E-state index contributed by atoms with van der Waals surface area (Å²) in [6, 6.07) is 0. The van der Waals surface area contributed by atoms with Crippen LogP contribution >= 0.6 is 0 Å². The number of hydrogen-bond donors (Lipinski definition) is 1. The zero-order valence-corrected chi connectivity index (χ0v) is 12.6. The molecule has 0 atom stereocenters. The van der Waals surface area contributed by atoms with Gasteiger partial charge in [0.1, 0.15) is 0 Å². The number of aliphatic hydroxyl groups excluding tert-OH is 1. The predicted molar refractivity (Wildman–Crippen MR) is 64.3 cm³/mol. The van der Waals surface area contributed by atoms with Crippen molar-refractivity contribution in [1.82, 2.24) is 0 Å². The van der Waals surface area contributed by atoms with Crippen LogP contribution in [-0.4, -0.2) is 25.0 Å². The van der Waals surface area contributed by atoms with Crippen LogP contribution in [-0.2, 0) is 21.3 Å². The fourth-order valence-corrected chi connectivity index (χ4v) is 2.89. The molecule has 0 aliphatic rings. The third-order valence-electron chi connectivity index (χ3n) is 2.14. The largest absolute Gasteiger partial charge is 0.512 e. The second-order valence-corrected chi connectivity index (χ2v) is 7.67. The zero-order valence-electron chi connectivity index (χ0n) is 10.4. The van der Waals surface area contributed by atoms with Crippen LogP contribution in [0.5, 0.6) is 0 Å². The van der Waals surface area contributed by atoms with Crippen molar-refractivity contribution in [2.75, 3.05) is 0 Å². The van der Waals surface area contributed by atoms with Gasteiger partial charge in [-0.3, -0.25) is 4.79 Å². The van der Waals surface area contributed by atoms with Crippen LogP contribution in [0.15, 0.2) is 11.8 Å². The molecule has 0 aliphatic carbocycles. The Morgan fingerprint density at radius 1 is 1.13 bits per heavy atom. The van der Waals surface area contributed by atoms with Gasteiger partial charge in [0, 0.05) is 22.6 Å². The summed E-state index contributed by atoms with van der Waals surface area (Å²) in [6.45, 7) is 9.82. The molecule has 0 saturated heterocycles. The summed E-state index contributed by atoms with van der Waals surface area (Å²) in [5.41, 5.74) is 0. The van der Waals surface area contributed by atoms with Crippen molar-refractivity contribution in [3.8, 4) is 0 Å². The van der Waals surface area contributed by atoms with E-state index in [1.165, 1.54) is 35.8 Å². The van der Waals surface area contributed by atoms with Crippen LogP contribution in [0, 0.1) is 0 Å². The van der Waals surface area contributed by atoms with Gasteiger partial charge in [0.05, 0.1) is 5.76 Å². The number of allylic oxidation sites excluding steroid dienone is 2. The molecule has 0 radical (unpaired) electrons. The Hall–Kier alpha value is 0.236. The molecule has 0 aromatic carbocycles. The average molecular weight is 273 g/mol. The number of ketones is 1. The van der Waals surface area contributed by atoms with E-state index in [0.29, 0.717) is 0 Å². The molecule has 0 amide bonds. The minimum absolute atomic E-state index is 0. The van der Waals surface area contributed by atoms with Gasteiger partial charge in [-0.2, -0.15) is 0 Å². The average Bonchev–Trinajstić information content (AvgIpc) is 2.06. The summed E-state index contributed by atoms with van der Waals surface area (Å²) < 4.78 is 0. The van der Waals surface area contributed by atoms with E-state index in [9.17, 15) is 4.79 Å². The number of hydrogen-bond acceptors (Lipinski definition) is 2. The van der Waals surface area contributed by atoms with Crippen LogP contribution in [0.2, 0.25) is 15.8 Å². The molecular weight excluding hydrogens is 250 g/mol. The molecule has 0 fully saturated rings. The number of rotatable bonds is 4. The number of aliphatic hydroxyl groups is 1. The van der Waals surface area contributed by atoms with Crippen molar-refractivity contribution < 1.29 is 26.4 Å². The van der Waals surface area contributed by atoms with Gasteiger partial charge < -0.3 is 5.11 Å².